The van der Waals surface area contributed by atoms with Crippen molar-refractivity contribution < 1.29 is 17.9 Å². The van der Waals surface area contributed by atoms with Crippen LogP contribution in [-0.2, 0) is 19.6 Å². The minimum absolute atomic E-state index is 0.0385. The Labute approximate surface area is 139 Å². The molecular weight excluding hydrogens is 351 g/mol. The molecule has 0 unspecified atom stereocenters. The van der Waals surface area contributed by atoms with Gasteiger partial charge in [0, 0.05) is 29.7 Å². The van der Waals surface area contributed by atoms with E-state index in [2.05, 4.69) is 0 Å². The van der Waals surface area contributed by atoms with Crippen molar-refractivity contribution >= 4 is 39.2 Å². The Morgan fingerprint density at radius 2 is 1.82 bits per heavy atom. The van der Waals surface area contributed by atoms with Crippen LogP contribution in [0.2, 0.25) is 10.0 Å². The number of piperazine rings is 1. The van der Waals surface area contributed by atoms with Gasteiger partial charge in [-0.1, -0.05) is 23.2 Å². The average Bonchev–Trinajstić information content (AvgIpc) is 2.45. The maximum atomic E-state index is 12.8. The number of likely N-dealkylation sites (N-methyl/N-ethyl adjacent to an activating group) is 1. The molecule has 0 aromatic heterocycles. The summed E-state index contributed by atoms with van der Waals surface area (Å²) in [4.78, 5) is 13.8. The average molecular weight is 367 g/mol. The number of hydrogen-bond donors (Lipinski definition) is 0. The molecule has 1 atom stereocenters. The second kappa shape index (κ2) is 6.72. The smallest absolute Gasteiger partial charge is 0.325 e. The number of rotatable bonds is 3. The molecule has 1 heterocycles. The largest absolute Gasteiger partial charge is 0.468 e. The third kappa shape index (κ3) is 3.55. The number of esters is 1. The van der Waals surface area contributed by atoms with Crippen molar-refractivity contribution in [3.63, 3.8) is 0 Å². The molecule has 2 rings (SSSR count). The molecule has 0 radical (unpaired) electrons. The summed E-state index contributed by atoms with van der Waals surface area (Å²) in [6.07, 6.45) is 0. The van der Waals surface area contributed by atoms with Crippen molar-refractivity contribution in [2.45, 2.75) is 10.9 Å². The molecule has 9 heteroatoms. The predicted molar refractivity (Wildman–Crippen MR) is 83.7 cm³/mol. The van der Waals surface area contributed by atoms with Gasteiger partial charge in [0.1, 0.15) is 6.04 Å². The van der Waals surface area contributed by atoms with Crippen LogP contribution in [0, 0.1) is 0 Å². The molecule has 0 spiro atoms. The summed E-state index contributed by atoms with van der Waals surface area (Å²) in [6.45, 7) is 0.962. The summed E-state index contributed by atoms with van der Waals surface area (Å²) in [5, 5.41) is 0.435. The third-order valence-electron chi connectivity index (χ3n) is 3.45. The first-order valence-electron chi connectivity index (χ1n) is 6.50. The van der Waals surface area contributed by atoms with Crippen LogP contribution >= 0.6 is 23.2 Å². The number of hydrogen-bond acceptors (Lipinski definition) is 5. The molecule has 0 amide bonds. The lowest BCUT2D eigenvalue weighted by atomic mass is 10.2. The van der Waals surface area contributed by atoms with E-state index in [-0.39, 0.29) is 28.0 Å². The van der Waals surface area contributed by atoms with E-state index in [1.807, 2.05) is 11.9 Å². The highest BCUT2D eigenvalue weighted by Crippen LogP contribution is 2.27. The molecule has 22 heavy (non-hydrogen) atoms. The normalized spacial score (nSPS) is 20.8. The number of benzene rings is 1. The van der Waals surface area contributed by atoms with Crippen LogP contribution in [0.1, 0.15) is 0 Å². The van der Waals surface area contributed by atoms with E-state index in [0.717, 1.165) is 4.31 Å². The van der Waals surface area contributed by atoms with Gasteiger partial charge in [-0.15, -0.1) is 0 Å². The first-order valence-corrected chi connectivity index (χ1v) is 8.69. The Hall–Kier alpha value is -0.860. The maximum absolute atomic E-state index is 12.8. The van der Waals surface area contributed by atoms with Crippen molar-refractivity contribution in [2.24, 2.45) is 0 Å². The number of carbonyl (C=O) groups excluding carboxylic acids is 1. The van der Waals surface area contributed by atoms with Crippen LogP contribution in [-0.4, -0.2) is 63.4 Å². The minimum Gasteiger partial charge on any atom is -0.468 e. The topological polar surface area (TPSA) is 66.9 Å². The molecule has 0 aliphatic carbocycles. The first kappa shape index (κ1) is 17.5. The van der Waals surface area contributed by atoms with Gasteiger partial charge in [-0.25, -0.2) is 8.42 Å². The Bertz CT molecular complexity index is 660. The molecule has 0 bridgehead atoms. The van der Waals surface area contributed by atoms with Crippen molar-refractivity contribution in [1.82, 2.24) is 9.21 Å². The van der Waals surface area contributed by atoms with Crippen LogP contribution in [0.15, 0.2) is 23.1 Å². The molecule has 6 nitrogen and oxygen atoms in total. The van der Waals surface area contributed by atoms with E-state index in [1.54, 1.807) is 0 Å². The lowest BCUT2D eigenvalue weighted by Crippen LogP contribution is -2.57. The maximum Gasteiger partial charge on any atom is 0.325 e. The Morgan fingerprint density at radius 3 is 2.36 bits per heavy atom. The zero-order valence-corrected chi connectivity index (χ0v) is 14.5. The Balaban J connectivity index is 2.43. The second-order valence-electron chi connectivity index (χ2n) is 5.02. The summed E-state index contributed by atoms with van der Waals surface area (Å²) in [7, 11) is -0.848. The molecular formula is C13H16Cl2N2O4S. The Morgan fingerprint density at radius 1 is 1.23 bits per heavy atom. The van der Waals surface area contributed by atoms with Gasteiger partial charge < -0.3 is 9.64 Å². The summed E-state index contributed by atoms with van der Waals surface area (Å²) in [5.74, 6) is -0.594. The molecule has 0 N–H and O–H groups in total. The second-order valence-corrected chi connectivity index (χ2v) is 7.79. The van der Waals surface area contributed by atoms with Crippen LogP contribution in [0.25, 0.3) is 0 Å². The quantitative estimate of drug-likeness (QED) is 0.757. The fourth-order valence-corrected chi connectivity index (χ4v) is 4.62. The van der Waals surface area contributed by atoms with E-state index >= 15 is 0 Å². The number of sulfonamides is 1. The number of methoxy groups -OCH3 is 1. The number of ether oxygens (including phenoxy) is 1. The van der Waals surface area contributed by atoms with E-state index in [4.69, 9.17) is 27.9 Å². The van der Waals surface area contributed by atoms with E-state index in [9.17, 15) is 13.2 Å². The summed E-state index contributed by atoms with van der Waals surface area (Å²) in [6, 6.07) is 3.18. The minimum atomic E-state index is -3.90. The van der Waals surface area contributed by atoms with Crippen molar-refractivity contribution in [3.05, 3.63) is 28.2 Å². The number of carbonyl (C=O) groups is 1. The first-order chi connectivity index (χ1) is 10.3. The zero-order valence-electron chi connectivity index (χ0n) is 12.1. The molecule has 1 aromatic rings. The van der Waals surface area contributed by atoms with Crippen LogP contribution in [0.5, 0.6) is 0 Å². The van der Waals surface area contributed by atoms with E-state index in [0.29, 0.717) is 6.54 Å². The highest BCUT2D eigenvalue weighted by atomic mass is 35.5. The zero-order chi connectivity index (χ0) is 16.5. The van der Waals surface area contributed by atoms with Crippen molar-refractivity contribution in [2.75, 3.05) is 33.8 Å². The third-order valence-corrected chi connectivity index (χ3v) is 5.77. The van der Waals surface area contributed by atoms with E-state index < -0.39 is 22.0 Å². The van der Waals surface area contributed by atoms with Gasteiger partial charge in [-0.2, -0.15) is 4.31 Å². The van der Waals surface area contributed by atoms with E-state index in [1.165, 1.54) is 25.3 Å². The van der Waals surface area contributed by atoms with Crippen molar-refractivity contribution in [1.29, 1.82) is 0 Å². The SMILES string of the molecule is COC(=O)[C@@H]1CN(C)CCN1S(=O)(=O)c1cc(Cl)cc(Cl)c1. The highest BCUT2D eigenvalue weighted by Gasteiger charge is 2.40. The van der Waals surface area contributed by atoms with Crippen LogP contribution < -0.4 is 0 Å². The number of nitrogens with zero attached hydrogens (tertiary/aromatic N) is 2. The standard InChI is InChI=1S/C13H16Cl2N2O4S/c1-16-3-4-17(12(8-16)13(18)21-2)22(19,20)11-6-9(14)5-10(15)7-11/h5-7,12H,3-4,8H2,1-2H3/t12-/m0/s1. The van der Waals surface area contributed by atoms with Gasteiger partial charge in [-0.3, -0.25) is 4.79 Å². The summed E-state index contributed by atoms with van der Waals surface area (Å²) >= 11 is 11.8. The molecule has 0 saturated carbocycles. The van der Waals surface area contributed by atoms with Gasteiger partial charge >= 0.3 is 5.97 Å². The van der Waals surface area contributed by atoms with Gasteiger partial charge in [0.25, 0.3) is 0 Å². The van der Waals surface area contributed by atoms with Gasteiger partial charge in [0.15, 0.2) is 0 Å². The lowest BCUT2D eigenvalue weighted by Gasteiger charge is -2.37. The van der Waals surface area contributed by atoms with Gasteiger partial charge in [-0.05, 0) is 25.2 Å². The molecule has 1 fully saturated rings. The monoisotopic (exact) mass is 366 g/mol. The van der Waals surface area contributed by atoms with Gasteiger partial charge in [0.05, 0.1) is 12.0 Å². The predicted octanol–water partition coefficient (Wildman–Crippen LogP) is 1.47. The highest BCUT2D eigenvalue weighted by molar-refractivity contribution is 7.89. The molecule has 1 aliphatic rings. The molecule has 1 aromatic carbocycles. The van der Waals surface area contributed by atoms with Crippen molar-refractivity contribution in [3.8, 4) is 0 Å². The molecule has 1 saturated heterocycles. The fraction of sp³-hybridized carbons (Fsp3) is 0.462. The Kier molecular flexibility index (Phi) is 5.34. The molecule has 1 aliphatic heterocycles. The summed E-state index contributed by atoms with van der Waals surface area (Å²) in [5.41, 5.74) is 0. The van der Waals surface area contributed by atoms with Crippen LogP contribution in [0.4, 0.5) is 0 Å². The van der Waals surface area contributed by atoms with Gasteiger partial charge in [0.2, 0.25) is 10.0 Å². The fourth-order valence-electron chi connectivity index (χ4n) is 2.33. The summed E-state index contributed by atoms with van der Waals surface area (Å²) < 4.78 is 31.5. The van der Waals surface area contributed by atoms with Crippen LogP contribution in [0.3, 0.4) is 0 Å². The lowest BCUT2D eigenvalue weighted by molar-refractivity contribution is -0.146. The molecule has 122 valence electrons. The number of halogens is 2.